The monoisotopic (exact) mass is 535 g/mol. The summed E-state index contributed by atoms with van der Waals surface area (Å²) < 4.78 is 10.7. The number of rotatable bonds is 4. The number of nitrogens with zero attached hydrogens (tertiary/aromatic N) is 4. The van der Waals surface area contributed by atoms with Crippen LogP contribution in [0, 0.1) is 5.92 Å². The minimum atomic E-state index is -0.670. The fourth-order valence-electron chi connectivity index (χ4n) is 5.31. The first-order chi connectivity index (χ1) is 17.6. The lowest BCUT2D eigenvalue weighted by Gasteiger charge is -2.43. The van der Waals surface area contributed by atoms with E-state index in [1.807, 2.05) is 4.90 Å². The molecule has 4 heterocycles. The molecule has 0 radical (unpaired) electrons. The number of ether oxygens (including phenoxy) is 2. The van der Waals surface area contributed by atoms with Gasteiger partial charge in [-0.15, -0.1) is 0 Å². The minimum Gasteiger partial charge on any atom is -0.444 e. The van der Waals surface area contributed by atoms with Gasteiger partial charge >= 0.3 is 6.09 Å². The highest BCUT2D eigenvalue weighted by Gasteiger charge is 2.35. The Morgan fingerprint density at radius 2 is 1.76 bits per heavy atom. The molecule has 37 heavy (non-hydrogen) atoms. The third-order valence-corrected chi connectivity index (χ3v) is 7.34. The lowest BCUT2D eigenvalue weighted by molar-refractivity contribution is -0.141. The standard InChI is InChI=1S/C26H38ClN5O5/c1-26(2,3)37-25(35)29-21-16-28-22(27)15-20(21)24(34)30-9-6-19(7-10-30)32-8-4-5-18(17-32)23(33)31-11-13-36-14-12-31/h15-16,18-19H,4-14,17H2,1-3H3,(H,29,35). The van der Waals surface area contributed by atoms with Crippen molar-refractivity contribution in [3.05, 3.63) is 23.0 Å². The van der Waals surface area contributed by atoms with Gasteiger partial charge in [0.05, 0.1) is 36.6 Å². The third kappa shape index (κ3) is 7.33. The Balaban J connectivity index is 1.34. The van der Waals surface area contributed by atoms with E-state index in [2.05, 4.69) is 15.2 Å². The Morgan fingerprint density at radius 1 is 1.05 bits per heavy atom. The first-order valence-corrected chi connectivity index (χ1v) is 13.5. The lowest BCUT2D eigenvalue weighted by atomic mass is 9.92. The molecular weight excluding hydrogens is 498 g/mol. The number of hydrogen-bond acceptors (Lipinski definition) is 7. The number of hydrogen-bond donors (Lipinski definition) is 1. The fourth-order valence-corrected chi connectivity index (χ4v) is 5.46. The highest BCUT2D eigenvalue weighted by molar-refractivity contribution is 6.30. The number of piperidine rings is 2. The number of nitrogens with one attached hydrogen (secondary N) is 1. The summed E-state index contributed by atoms with van der Waals surface area (Å²) in [5.41, 5.74) is -0.110. The molecule has 0 aromatic carbocycles. The summed E-state index contributed by atoms with van der Waals surface area (Å²) in [5.74, 6) is 0.0833. The second kappa shape index (κ2) is 12.0. The maximum absolute atomic E-state index is 13.4. The van der Waals surface area contributed by atoms with Crippen LogP contribution in [0.2, 0.25) is 5.15 Å². The van der Waals surface area contributed by atoms with E-state index in [0.717, 1.165) is 38.8 Å². The topological polar surface area (TPSA) is 104 Å². The molecule has 4 rings (SSSR count). The Morgan fingerprint density at radius 3 is 2.43 bits per heavy atom. The maximum atomic E-state index is 13.4. The number of carbonyl (C=O) groups excluding carboxylic acids is 3. The van der Waals surface area contributed by atoms with Crippen molar-refractivity contribution in [2.75, 3.05) is 57.8 Å². The average Bonchev–Trinajstić information content (AvgIpc) is 2.88. The molecule has 1 atom stereocenters. The Kier molecular flexibility index (Phi) is 8.92. The second-order valence-corrected chi connectivity index (χ2v) is 11.4. The van der Waals surface area contributed by atoms with Crippen LogP contribution in [0.4, 0.5) is 10.5 Å². The molecule has 1 unspecified atom stereocenters. The van der Waals surface area contributed by atoms with Crippen molar-refractivity contribution in [1.29, 1.82) is 0 Å². The second-order valence-electron chi connectivity index (χ2n) is 11.0. The molecule has 1 aromatic heterocycles. The summed E-state index contributed by atoms with van der Waals surface area (Å²) in [6, 6.07) is 1.82. The number of halogens is 1. The van der Waals surface area contributed by atoms with Crippen molar-refractivity contribution in [3.8, 4) is 0 Å². The molecule has 3 aliphatic rings. The molecule has 0 saturated carbocycles. The van der Waals surface area contributed by atoms with Crippen LogP contribution in [0.3, 0.4) is 0 Å². The van der Waals surface area contributed by atoms with Gasteiger partial charge in [0.25, 0.3) is 5.91 Å². The van der Waals surface area contributed by atoms with Crippen molar-refractivity contribution in [1.82, 2.24) is 19.7 Å². The quantitative estimate of drug-likeness (QED) is 0.590. The van der Waals surface area contributed by atoms with Gasteiger partial charge in [0.15, 0.2) is 0 Å². The summed E-state index contributed by atoms with van der Waals surface area (Å²) in [6.45, 7) is 10.8. The molecule has 0 aliphatic carbocycles. The summed E-state index contributed by atoms with van der Waals surface area (Å²) >= 11 is 6.09. The van der Waals surface area contributed by atoms with E-state index in [1.165, 1.54) is 12.3 Å². The van der Waals surface area contributed by atoms with E-state index in [9.17, 15) is 14.4 Å². The van der Waals surface area contributed by atoms with Crippen LogP contribution in [0.5, 0.6) is 0 Å². The Hall–Kier alpha value is -2.43. The zero-order chi connectivity index (χ0) is 26.6. The number of morpholine rings is 1. The van der Waals surface area contributed by atoms with Crippen LogP contribution in [-0.2, 0) is 14.3 Å². The molecule has 3 aliphatic heterocycles. The Bertz CT molecular complexity index is 986. The molecule has 3 fully saturated rings. The average molecular weight is 536 g/mol. The number of amides is 3. The zero-order valence-electron chi connectivity index (χ0n) is 22.0. The van der Waals surface area contributed by atoms with Gasteiger partial charge in [0.2, 0.25) is 5.91 Å². The molecule has 0 spiro atoms. The van der Waals surface area contributed by atoms with Crippen molar-refractivity contribution in [2.24, 2.45) is 5.92 Å². The first kappa shape index (κ1) is 27.6. The van der Waals surface area contributed by atoms with Gasteiger partial charge < -0.3 is 19.3 Å². The predicted octanol–water partition coefficient (Wildman–Crippen LogP) is 3.26. The molecule has 10 nitrogen and oxygen atoms in total. The van der Waals surface area contributed by atoms with E-state index in [4.69, 9.17) is 21.1 Å². The SMILES string of the molecule is CC(C)(C)OC(=O)Nc1cnc(Cl)cc1C(=O)N1CCC(N2CCCC(C(=O)N3CCOCC3)C2)CC1. The highest BCUT2D eigenvalue weighted by Crippen LogP contribution is 2.27. The minimum absolute atomic E-state index is 0.0342. The number of likely N-dealkylation sites (tertiary alicyclic amines) is 2. The van der Waals surface area contributed by atoms with E-state index < -0.39 is 11.7 Å². The van der Waals surface area contributed by atoms with Crippen molar-refractivity contribution in [2.45, 2.75) is 58.1 Å². The van der Waals surface area contributed by atoms with Gasteiger partial charge in [0.1, 0.15) is 10.8 Å². The number of aromatic nitrogens is 1. The maximum Gasteiger partial charge on any atom is 0.412 e. The smallest absolute Gasteiger partial charge is 0.412 e. The van der Waals surface area contributed by atoms with Crippen LogP contribution in [0.15, 0.2) is 12.3 Å². The normalized spacial score (nSPS) is 22.0. The van der Waals surface area contributed by atoms with E-state index >= 15 is 0 Å². The van der Waals surface area contributed by atoms with Crippen LogP contribution < -0.4 is 5.32 Å². The summed E-state index contributed by atoms with van der Waals surface area (Å²) in [5, 5.41) is 2.81. The van der Waals surface area contributed by atoms with E-state index in [1.54, 1.807) is 25.7 Å². The van der Waals surface area contributed by atoms with Crippen molar-refractivity contribution < 1.29 is 23.9 Å². The number of carbonyl (C=O) groups is 3. The van der Waals surface area contributed by atoms with Gasteiger partial charge in [-0.25, -0.2) is 9.78 Å². The Labute approximate surface area is 223 Å². The summed E-state index contributed by atoms with van der Waals surface area (Å²) in [7, 11) is 0. The molecule has 204 valence electrons. The van der Waals surface area contributed by atoms with Gasteiger partial charge in [0, 0.05) is 38.8 Å². The molecule has 1 aromatic rings. The van der Waals surface area contributed by atoms with E-state index in [0.29, 0.717) is 51.0 Å². The summed E-state index contributed by atoms with van der Waals surface area (Å²) in [4.78, 5) is 48.9. The van der Waals surface area contributed by atoms with Gasteiger partial charge in [-0.2, -0.15) is 0 Å². The van der Waals surface area contributed by atoms with Crippen molar-refractivity contribution in [3.63, 3.8) is 0 Å². The van der Waals surface area contributed by atoms with Crippen molar-refractivity contribution >= 4 is 35.2 Å². The van der Waals surface area contributed by atoms with Crippen LogP contribution in [0.25, 0.3) is 0 Å². The molecule has 0 bridgehead atoms. The first-order valence-electron chi connectivity index (χ1n) is 13.2. The van der Waals surface area contributed by atoms with Crippen LogP contribution in [-0.4, -0.2) is 102 Å². The molecule has 3 saturated heterocycles. The zero-order valence-corrected chi connectivity index (χ0v) is 22.8. The predicted molar refractivity (Wildman–Crippen MR) is 140 cm³/mol. The molecule has 1 N–H and O–H groups in total. The lowest BCUT2D eigenvalue weighted by Crippen LogP contribution is -2.53. The number of pyridine rings is 1. The number of anilines is 1. The third-order valence-electron chi connectivity index (χ3n) is 7.13. The molecule has 11 heteroatoms. The fraction of sp³-hybridized carbons (Fsp3) is 0.692. The summed E-state index contributed by atoms with van der Waals surface area (Å²) in [6.07, 6.45) is 4.33. The van der Waals surface area contributed by atoms with Gasteiger partial charge in [-0.3, -0.25) is 19.8 Å². The van der Waals surface area contributed by atoms with Crippen LogP contribution in [0.1, 0.15) is 56.8 Å². The molecular formula is C26H38ClN5O5. The van der Waals surface area contributed by atoms with Gasteiger partial charge in [-0.05, 0) is 59.1 Å². The van der Waals surface area contributed by atoms with Crippen LogP contribution >= 0.6 is 11.6 Å². The highest BCUT2D eigenvalue weighted by atomic mass is 35.5. The largest absolute Gasteiger partial charge is 0.444 e. The molecule has 3 amide bonds. The van der Waals surface area contributed by atoms with Gasteiger partial charge in [-0.1, -0.05) is 11.6 Å². The van der Waals surface area contributed by atoms with E-state index in [-0.39, 0.29) is 28.6 Å².